The third-order valence-electron chi connectivity index (χ3n) is 3.01. The summed E-state index contributed by atoms with van der Waals surface area (Å²) in [5, 5.41) is 1.84. The Kier molecular flexibility index (Phi) is 5.70. The molecule has 0 saturated carbocycles. The van der Waals surface area contributed by atoms with Gasteiger partial charge in [0, 0.05) is 4.88 Å². The zero-order valence-electron chi connectivity index (χ0n) is 12.1. The Morgan fingerprint density at radius 1 is 1.23 bits per heavy atom. The van der Waals surface area contributed by atoms with Gasteiger partial charge in [0.15, 0.2) is 0 Å². The van der Waals surface area contributed by atoms with Gasteiger partial charge in [-0.15, -0.1) is 11.3 Å². The summed E-state index contributed by atoms with van der Waals surface area (Å²) in [6, 6.07) is 11.9. The van der Waals surface area contributed by atoms with E-state index < -0.39 is 22.0 Å². The third-order valence-corrected chi connectivity index (χ3v) is 5.35. The van der Waals surface area contributed by atoms with Crippen molar-refractivity contribution in [1.82, 2.24) is 4.72 Å². The standard InChI is InChI=1S/C15H17NO4S2/c1-20-15(17)10-13(14-8-5-9-21-14)16-22(18,19)11-12-6-3-2-4-7-12/h2-9,13,16H,10-11H2,1H3/t13-/m1/s1. The van der Waals surface area contributed by atoms with Crippen molar-refractivity contribution in [3.63, 3.8) is 0 Å². The van der Waals surface area contributed by atoms with Gasteiger partial charge in [0.05, 0.1) is 25.3 Å². The molecule has 1 atom stereocenters. The average Bonchev–Trinajstić information content (AvgIpc) is 3.01. The summed E-state index contributed by atoms with van der Waals surface area (Å²) in [7, 11) is -2.28. The molecular formula is C15H17NO4S2. The molecular weight excluding hydrogens is 322 g/mol. The molecule has 0 aliphatic heterocycles. The molecule has 1 aromatic carbocycles. The van der Waals surface area contributed by atoms with Crippen LogP contribution >= 0.6 is 11.3 Å². The summed E-state index contributed by atoms with van der Waals surface area (Å²) in [4.78, 5) is 12.3. The number of carbonyl (C=O) groups is 1. The van der Waals surface area contributed by atoms with Gasteiger partial charge in [-0.05, 0) is 17.0 Å². The van der Waals surface area contributed by atoms with Crippen molar-refractivity contribution in [3.05, 3.63) is 58.3 Å². The lowest BCUT2D eigenvalue weighted by Crippen LogP contribution is -2.31. The van der Waals surface area contributed by atoms with Gasteiger partial charge in [-0.3, -0.25) is 4.79 Å². The molecule has 0 spiro atoms. The molecule has 22 heavy (non-hydrogen) atoms. The predicted octanol–water partition coefficient (Wildman–Crippen LogP) is 2.47. The van der Waals surface area contributed by atoms with Gasteiger partial charge < -0.3 is 4.74 Å². The van der Waals surface area contributed by atoms with Gasteiger partial charge in [-0.2, -0.15) is 0 Å². The molecule has 0 aliphatic rings. The summed E-state index contributed by atoms with van der Waals surface area (Å²) in [6.07, 6.45) is -0.0367. The van der Waals surface area contributed by atoms with Crippen molar-refractivity contribution in [1.29, 1.82) is 0 Å². The Morgan fingerprint density at radius 3 is 2.55 bits per heavy atom. The van der Waals surface area contributed by atoms with E-state index in [-0.39, 0.29) is 12.2 Å². The van der Waals surface area contributed by atoms with E-state index in [1.54, 1.807) is 30.3 Å². The van der Waals surface area contributed by atoms with Gasteiger partial charge in [0.1, 0.15) is 0 Å². The van der Waals surface area contributed by atoms with Crippen LogP contribution in [0.3, 0.4) is 0 Å². The molecule has 1 aromatic heterocycles. The van der Waals surface area contributed by atoms with Crippen molar-refractivity contribution < 1.29 is 17.9 Å². The second-order valence-electron chi connectivity index (χ2n) is 4.71. The molecule has 2 rings (SSSR count). The molecule has 0 unspecified atom stereocenters. The van der Waals surface area contributed by atoms with Crippen molar-refractivity contribution in [3.8, 4) is 0 Å². The highest BCUT2D eigenvalue weighted by molar-refractivity contribution is 7.88. The summed E-state index contributed by atoms with van der Waals surface area (Å²) >= 11 is 1.40. The molecule has 0 amide bonds. The number of sulfonamides is 1. The summed E-state index contributed by atoms with van der Waals surface area (Å²) in [6.45, 7) is 0. The fraction of sp³-hybridized carbons (Fsp3) is 0.267. The Balaban J connectivity index is 2.13. The van der Waals surface area contributed by atoms with Crippen LogP contribution in [0.5, 0.6) is 0 Å². The SMILES string of the molecule is COC(=O)C[C@@H](NS(=O)(=O)Cc1ccccc1)c1cccs1. The van der Waals surface area contributed by atoms with Crippen LogP contribution in [0.25, 0.3) is 0 Å². The van der Waals surface area contributed by atoms with E-state index in [2.05, 4.69) is 9.46 Å². The van der Waals surface area contributed by atoms with Gasteiger partial charge in [-0.1, -0.05) is 36.4 Å². The minimum absolute atomic E-state index is 0.0367. The van der Waals surface area contributed by atoms with E-state index in [4.69, 9.17) is 0 Å². The largest absolute Gasteiger partial charge is 0.469 e. The lowest BCUT2D eigenvalue weighted by atomic mass is 10.2. The number of esters is 1. The fourth-order valence-corrected chi connectivity index (χ4v) is 4.20. The van der Waals surface area contributed by atoms with Crippen LogP contribution in [-0.4, -0.2) is 21.5 Å². The predicted molar refractivity (Wildman–Crippen MR) is 85.9 cm³/mol. The number of carbonyl (C=O) groups excluding carboxylic acids is 1. The molecule has 5 nitrogen and oxygen atoms in total. The van der Waals surface area contributed by atoms with Crippen LogP contribution in [0.4, 0.5) is 0 Å². The topological polar surface area (TPSA) is 72.5 Å². The second kappa shape index (κ2) is 7.53. The Hall–Kier alpha value is -1.70. The molecule has 0 aliphatic carbocycles. The highest BCUT2D eigenvalue weighted by atomic mass is 32.2. The van der Waals surface area contributed by atoms with Crippen molar-refractivity contribution in [2.45, 2.75) is 18.2 Å². The van der Waals surface area contributed by atoms with E-state index in [0.29, 0.717) is 5.56 Å². The quantitative estimate of drug-likeness (QED) is 0.787. The van der Waals surface area contributed by atoms with Crippen LogP contribution in [0.2, 0.25) is 0 Å². The summed E-state index contributed by atoms with van der Waals surface area (Å²) in [5.74, 6) is -0.586. The first-order valence-electron chi connectivity index (χ1n) is 6.64. The van der Waals surface area contributed by atoms with Gasteiger partial charge in [0.2, 0.25) is 10.0 Å². The number of nitrogens with one attached hydrogen (secondary N) is 1. The van der Waals surface area contributed by atoms with Crippen molar-refractivity contribution in [2.75, 3.05) is 7.11 Å². The molecule has 0 saturated heterocycles. The molecule has 0 bridgehead atoms. The first kappa shape index (κ1) is 16.7. The number of thiophene rings is 1. The lowest BCUT2D eigenvalue weighted by molar-refractivity contribution is -0.141. The Bertz CT molecular complexity index is 696. The van der Waals surface area contributed by atoms with Crippen molar-refractivity contribution >= 4 is 27.3 Å². The first-order valence-corrected chi connectivity index (χ1v) is 9.17. The molecule has 0 fully saturated rings. The van der Waals surface area contributed by atoms with E-state index in [1.165, 1.54) is 18.4 Å². The minimum atomic E-state index is -3.56. The maximum absolute atomic E-state index is 12.3. The first-order chi connectivity index (χ1) is 10.5. The number of rotatable bonds is 7. The van der Waals surface area contributed by atoms with E-state index in [1.807, 2.05) is 17.5 Å². The number of ether oxygens (including phenoxy) is 1. The van der Waals surface area contributed by atoms with E-state index >= 15 is 0 Å². The maximum atomic E-state index is 12.3. The van der Waals surface area contributed by atoms with E-state index in [9.17, 15) is 13.2 Å². The minimum Gasteiger partial charge on any atom is -0.469 e. The van der Waals surface area contributed by atoms with Crippen molar-refractivity contribution in [2.24, 2.45) is 0 Å². The second-order valence-corrected chi connectivity index (χ2v) is 7.44. The molecule has 2 aromatic rings. The zero-order chi connectivity index (χ0) is 16.0. The summed E-state index contributed by atoms with van der Waals surface area (Å²) < 4.78 is 31.9. The third kappa shape index (κ3) is 4.94. The van der Waals surface area contributed by atoms with Crippen LogP contribution in [0.1, 0.15) is 22.9 Å². The summed E-state index contributed by atoms with van der Waals surface area (Å²) in [5.41, 5.74) is 0.693. The number of methoxy groups -OCH3 is 1. The average molecular weight is 339 g/mol. The Labute approximate surface area is 134 Å². The number of hydrogen-bond acceptors (Lipinski definition) is 5. The molecule has 118 valence electrons. The van der Waals surface area contributed by atoms with Gasteiger partial charge >= 0.3 is 5.97 Å². The van der Waals surface area contributed by atoms with Gasteiger partial charge in [-0.25, -0.2) is 13.1 Å². The van der Waals surface area contributed by atoms with Crippen LogP contribution in [-0.2, 0) is 25.3 Å². The fourth-order valence-electron chi connectivity index (χ4n) is 1.99. The highest BCUT2D eigenvalue weighted by Gasteiger charge is 2.23. The number of benzene rings is 1. The van der Waals surface area contributed by atoms with Gasteiger partial charge in [0.25, 0.3) is 0 Å². The monoisotopic (exact) mass is 339 g/mol. The molecule has 1 heterocycles. The smallest absolute Gasteiger partial charge is 0.307 e. The molecule has 7 heteroatoms. The number of hydrogen-bond donors (Lipinski definition) is 1. The lowest BCUT2D eigenvalue weighted by Gasteiger charge is -2.16. The molecule has 1 N–H and O–H groups in total. The maximum Gasteiger partial charge on any atom is 0.307 e. The van der Waals surface area contributed by atoms with Crippen LogP contribution < -0.4 is 4.72 Å². The molecule has 0 radical (unpaired) electrons. The van der Waals surface area contributed by atoms with E-state index in [0.717, 1.165) is 4.88 Å². The van der Waals surface area contributed by atoms with Crippen LogP contribution in [0.15, 0.2) is 47.8 Å². The zero-order valence-corrected chi connectivity index (χ0v) is 13.7. The highest BCUT2D eigenvalue weighted by Crippen LogP contribution is 2.24. The normalized spacial score (nSPS) is 12.8. The van der Waals surface area contributed by atoms with Crippen LogP contribution in [0, 0.1) is 0 Å². The Morgan fingerprint density at radius 2 is 1.95 bits per heavy atom.